The van der Waals surface area contributed by atoms with E-state index in [0.29, 0.717) is 12.0 Å². The lowest BCUT2D eigenvalue weighted by atomic mass is 10.1. The third-order valence-electron chi connectivity index (χ3n) is 4.92. The van der Waals surface area contributed by atoms with Gasteiger partial charge in [0.05, 0.1) is 13.2 Å². The van der Waals surface area contributed by atoms with Crippen molar-refractivity contribution in [2.24, 2.45) is 10.9 Å². The summed E-state index contributed by atoms with van der Waals surface area (Å²) in [5, 5.41) is 3.43. The lowest BCUT2D eigenvalue weighted by molar-refractivity contribution is 0.122. The van der Waals surface area contributed by atoms with E-state index in [1.807, 2.05) is 0 Å². The molecule has 0 bridgehead atoms. The van der Waals surface area contributed by atoms with Gasteiger partial charge in [0.1, 0.15) is 0 Å². The van der Waals surface area contributed by atoms with Crippen LogP contribution in [0.5, 0.6) is 0 Å². The first kappa shape index (κ1) is 21.9. The average Bonchev–Trinajstić information content (AvgIpc) is 3.04. The van der Waals surface area contributed by atoms with Crippen LogP contribution in [0.15, 0.2) is 4.99 Å². The fourth-order valence-corrected chi connectivity index (χ4v) is 3.27. The first-order valence-electron chi connectivity index (χ1n) is 9.10. The fraction of sp³-hybridized carbons (Fsp3) is 0.941. The smallest absolute Gasteiger partial charge is 0.193 e. The van der Waals surface area contributed by atoms with Crippen molar-refractivity contribution in [3.63, 3.8) is 0 Å². The Labute approximate surface area is 165 Å². The van der Waals surface area contributed by atoms with Crippen LogP contribution in [0.3, 0.4) is 0 Å². The topological polar surface area (TPSA) is 43.3 Å². The second kappa shape index (κ2) is 11.5. The number of nitrogens with zero attached hydrogens (tertiary/aromatic N) is 4. The summed E-state index contributed by atoms with van der Waals surface area (Å²) in [6, 6.07) is 0.501. The van der Waals surface area contributed by atoms with E-state index in [2.05, 4.69) is 48.0 Å². The molecule has 0 saturated carbocycles. The van der Waals surface area contributed by atoms with Gasteiger partial charge >= 0.3 is 0 Å². The molecule has 142 valence electrons. The van der Waals surface area contributed by atoms with Gasteiger partial charge in [0, 0.05) is 64.9 Å². The van der Waals surface area contributed by atoms with E-state index in [1.54, 1.807) is 0 Å². The Bertz CT molecular complexity index is 368. The van der Waals surface area contributed by atoms with Crippen molar-refractivity contribution in [2.75, 3.05) is 73.1 Å². The van der Waals surface area contributed by atoms with Crippen molar-refractivity contribution in [2.45, 2.75) is 26.3 Å². The summed E-state index contributed by atoms with van der Waals surface area (Å²) in [6.45, 7) is 13.6. The standard InChI is InChI=1S/C17H35N5O.HI/c1-5-18-17(21(4)13-16-6-11-23-14-16)19-12-15(2)22-9-7-20(3)8-10-22;/h15-16H,5-14H2,1-4H3,(H,18,19);1H. The normalized spacial score (nSPS) is 24.5. The number of piperazine rings is 1. The minimum atomic E-state index is 0. The molecule has 2 saturated heterocycles. The van der Waals surface area contributed by atoms with Crippen LogP contribution in [0.2, 0.25) is 0 Å². The Morgan fingerprint density at radius 3 is 2.62 bits per heavy atom. The fourth-order valence-electron chi connectivity index (χ4n) is 3.27. The second-order valence-corrected chi connectivity index (χ2v) is 6.99. The molecule has 0 aromatic heterocycles. The monoisotopic (exact) mass is 453 g/mol. The highest BCUT2D eigenvalue weighted by molar-refractivity contribution is 14.0. The minimum Gasteiger partial charge on any atom is -0.381 e. The molecule has 7 heteroatoms. The Kier molecular flexibility index (Phi) is 10.5. The minimum absolute atomic E-state index is 0. The van der Waals surface area contributed by atoms with E-state index < -0.39 is 0 Å². The highest BCUT2D eigenvalue weighted by Gasteiger charge is 2.21. The summed E-state index contributed by atoms with van der Waals surface area (Å²) in [4.78, 5) is 12.1. The van der Waals surface area contributed by atoms with Crippen LogP contribution in [-0.2, 0) is 4.74 Å². The number of hydrogen-bond acceptors (Lipinski definition) is 4. The summed E-state index contributed by atoms with van der Waals surface area (Å²) in [5.74, 6) is 1.67. The number of likely N-dealkylation sites (N-methyl/N-ethyl adjacent to an activating group) is 1. The predicted molar refractivity (Wildman–Crippen MR) is 111 cm³/mol. The summed E-state index contributed by atoms with van der Waals surface area (Å²) >= 11 is 0. The molecule has 0 radical (unpaired) electrons. The second-order valence-electron chi connectivity index (χ2n) is 6.99. The van der Waals surface area contributed by atoms with Crippen molar-refractivity contribution in [3.8, 4) is 0 Å². The Balaban J connectivity index is 0.00000288. The van der Waals surface area contributed by atoms with Crippen molar-refractivity contribution in [1.29, 1.82) is 0 Å². The number of guanidine groups is 1. The molecule has 0 aliphatic carbocycles. The maximum absolute atomic E-state index is 5.49. The third kappa shape index (κ3) is 7.01. The summed E-state index contributed by atoms with van der Waals surface area (Å²) in [6.07, 6.45) is 1.17. The van der Waals surface area contributed by atoms with Gasteiger partial charge in [0.15, 0.2) is 5.96 Å². The van der Waals surface area contributed by atoms with E-state index in [-0.39, 0.29) is 24.0 Å². The molecule has 2 rings (SSSR count). The highest BCUT2D eigenvalue weighted by Crippen LogP contribution is 2.13. The van der Waals surface area contributed by atoms with E-state index in [9.17, 15) is 0 Å². The van der Waals surface area contributed by atoms with Crippen LogP contribution in [0, 0.1) is 5.92 Å². The van der Waals surface area contributed by atoms with Gasteiger partial charge in [0.25, 0.3) is 0 Å². The van der Waals surface area contributed by atoms with Crippen molar-refractivity contribution >= 4 is 29.9 Å². The molecule has 24 heavy (non-hydrogen) atoms. The molecule has 0 aromatic rings. The van der Waals surface area contributed by atoms with E-state index in [0.717, 1.165) is 65.0 Å². The predicted octanol–water partition coefficient (Wildman–Crippen LogP) is 1.17. The SMILES string of the molecule is CCNC(=NCC(C)N1CCN(C)CC1)N(C)CC1CCOC1.I. The summed E-state index contributed by atoms with van der Waals surface area (Å²) in [5.41, 5.74) is 0. The Morgan fingerprint density at radius 2 is 2.04 bits per heavy atom. The van der Waals surface area contributed by atoms with Crippen molar-refractivity contribution < 1.29 is 4.74 Å². The van der Waals surface area contributed by atoms with Gasteiger partial charge < -0.3 is 19.9 Å². The first-order chi connectivity index (χ1) is 11.1. The maximum Gasteiger partial charge on any atom is 0.193 e. The molecule has 0 aromatic carbocycles. The van der Waals surface area contributed by atoms with Gasteiger partial charge in [-0.05, 0) is 27.3 Å². The summed E-state index contributed by atoms with van der Waals surface area (Å²) in [7, 11) is 4.34. The van der Waals surface area contributed by atoms with Crippen LogP contribution >= 0.6 is 24.0 Å². The highest BCUT2D eigenvalue weighted by atomic mass is 127. The molecule has 2 atom stereocenters. The van der Waals surface area contributed by atoms with Gasteiger partial charge in [-0.1, -0.05) is 0 Å². The zero-order chi connectivity index (χ0) is 16.7. The van der Waals surface area contributed by atoms with Gasteiger partial charge in [-0.25, -0.2) is 0 Å². The molecular formula is C17H36IN5O. The zero-order valence-corrected chi connectivity index (χ0v) is 18.2. The first-order valence-corrected chi connectivity index (χ1v) is 9.10. The molecule has 0 amide bonds. The largest absolute Gasteiger partial charge is 0.381 e. The van der Waals surface area contributed by atoms with Crippen molar-refractivity contribution in [1.82, 2.24) is 20.0 Å². The Hall–Kier alpha value is -0.120. The molecule has 2 heterocycles. The van der Waals surface area contributed by atoms with Gasteiger partial charge in [-0.2, -0.15) is 0 Å². The number of nitrogens with one attached hydrogen (secondary N) is 1. The summed E-state index contributed by atoms with van der Waals surface area (Å²) < 4.78 is 5.49. The molecule has 2 fully saturated rings. The number of rotatable bonds is 6. The molecule has 2 aliphatic rings. The van der Waals surface area contributed by atoms with Crippen LogP contribution in [0.1, 0.15) is 20.3 Å². The molecule has 2 unspecified atom stereocenters. The number of aliphatic imine (C=N–C) groups is 1. The van der Waals surface area contributed by atoms with E-state index in [4.69, 9.17) is 9.73 Å². The van der Waals surface area contributed by atoms with Gasteiger partial charge in [-0.15, -0.1) is 24.0 Å². The lowest BCUT2D eigenvalue weighted by Gasteiger charge is -2.36. The number of halogens is 1. The number of hydrogen-bond donors (Lipinski definition) is 1. The van der Waals surface area contributed by atoms with Gasteiger partial charge in [0.2, 0.25) is 0 Å². The van der Waals surface area contributed by atoms with Crippen LogP contribution in [0.25, 0.3) is 0 Å². The molecule has 2 aliphatic heterocycles. The molecule has 0 spiro atoms. The third-order valence-corrected chi connectivity index (χ3v) is 4.92. The van der Waals surface area contributed by atoms with Crippen LogP contribution < -0.4 is 5.32 Å². The molecule has 6 nitrogen and oxygen atoms in total. The zero-order valence-electron chi connectivity index (χ0n) is 15.8. The molecular weight excluding hydrogens is 417 g/mol. The van der Waals surface area contributed by atoms with Gasteiger partial charge in [-0.3, -0.25) is 9.89 Å². The average molecular weight is 453 g/mol. The Morgan fingerprint density at radius 1 is 1.33 bits per heavy atom. The van der Waals surface area contributed by atoms with Crippen LogP contribution in [0.4, 0.5) is 0 Å². The lowest BCUT2D eigenvalue weighted by Crippen LogP contribution is -2.49. The van der Waals surface area contributed by atoms with Crippen molar-refractivity contribution in [3.05, 3.63) is 0 Å². The maximum atomic E-state index is 5.49. The number of ether oxygens (including phenoxy) is 1. The molecule has 1 N–H and O–H groups in total. The van der Waals surface area contributed by atoms with Crippen LogP contribution in [-0.4, -0.2) is 99.8 Å². The van der Waals surface area contributed by atoms with E-state index >= 15 is 0 Å². The van der Waals surface area contributed by atoms with E-state index in [1.165, 1.54) is 6.42 Å². The quantitative estimate of drug-likeness (QED) is 0.372.